The molecular formula is C8H10F2N2O. The molecule has 72 valence electrons. The van der Waals surface area contributed by atoms with Crippen molar-refractivity contribution in [1.29, 1.82) is 0 Å². The first kappa shape index (κ1) is 9.70. The number of nitrogen functional groups attached to an aromatic ring is 1. The van der Waals surface area contributed by atoms with Gasteiger partial charge in [0.2, 0.25) is 0 Å². The van der Waals surface area contributed by atoms with E-state index in [1.165, 1.54) is 20.2 Å². The maximum atomic E-state index is 12.4. The average Bonchev–Trinajstić information content (AvgIpc) is 2.04. The van der Waals surface area contributed by atoms with Crippen LogP contribution in [0.25, 0.3) is 0 Å². The maximum absolute atomic E-state index is 12.4. The van der Waals surface area contributed by atoms with Gasteiger partial charge in [0.15, 0.2) is 5.75 Å². The summed E-state index contributed by atoms with van der Waals surface area (Å²) in [7, 11) is 1.36. The van der Waals surface area contributed by atoms with Crippen molar-refractivity contribution in [2.24, 2.45) is 0 Å². The highest BCUT2D eigenvalue weighted by atomic mass is 19.3. The van der Waals surface area contributed by atoms with Crippen LogP contribution < -0.4 is 10.5 Å². The molecule has 0 saturated heterocycles. The summed E-state index contributed by atoms with van der Waals surface area (Å²) in [5.74, 6) is 0.181. The number of anilines is 1. The Labute approximate surface area is 74.5 Å². The first-order valence-corrected chi connectivity index (χ1v) is 3.65. The Morgan fingerprint density at radius 1 is 1.54 bits per heavy atom. The molecule has 1 aromatic heterocycles. The Balaban J connectivity index is 3.30. The van der Waals surface area contributed by atoms with Gasteiger partial charge >= 0.3 is 0 Å². The minimum Gasteiger partial charge on any atom is -0.493 e. The summed E-state index contributed by atoms with van der Waals surface area (Å²) in [6, 6.07) is 0. The number of aryl methyl sites for hydroxylation is 1. The average molecular weight is 188 g/mol. The number of methoxy groups -OCH3 is 1. The Morgan fingerprint density at radius 3 is 2.62 bits per heavy atom. The standard InChI is InChI=1S/C8H10F2N2O/c1-4-6(8(9)10)7(11)5(13-2)3-12-4/h3,8H,1-2H3,(H2,11,12). The molecule has 0 spiro atoms. The number of hydrogen-bond donors (Lipinski definition) is 1. The topological polar surface area (TPSA) is 48.1 Å². The highest BCUT2D eigenvalue weighted by molar-refractivity contribution is 5.59. The van der Waals surface area contributed by atoms with Crippen molar-refractivity contribution in [3.63, 3.8) is 0 Å². The van der Waals surface area contributed by atoms with Gasteiger partial charge in [-0.25, -0.2) is 8.78 Å². The van der Waals surface area contributed by atoms with E-state index in [0.29, 0.717) is 0 Å². The number of halogens is 2. The molecule has 0 aliphatic rings. The van der Waals surface area contributed by atoms with Gasteiger partial charge in [-0.05, 0) is 6.92 Å². The highest BCUT2D eigenvalue weighted by Crippen LogP contribution is 2.33. The number of aromatic nitrogens is 1. The molecule has 0 atom stereocenters. The van der Waals surface area contributed by atoms with Crippen molar-refractivity contribution in [2.45, 2.75) is 13.3 Å². The lowest BCUT2D eigenvalue weighted by Crippen LogP contribution is -2.03. The van der Waals surface area contributed by atoms with Gasteiger partial charge < -0.3 is 10.5 Å². The van der Waals surface area contributed by atoms with E-state index in [9.17, 15) is 8.78 Å². The summed E-state index contributed by atoms with van der Waals surface area (Å²) >= 11 is 0. The predicted octanol–water partition coefficient (Wildman–Crippen LogP) is 1.92. The lowest BCUT2D eigenvalue weighted by molar-refractivity contribution is 0.150. The second kappa shape index (κ2) is 3.55. The number of rotatable bonds is 2. The van der Waals surface area contributed by atoms with Gasteiger partial charge in [-0.3, -0.25) is 4.98 Å². The van der Waals surface area contributed by atoms with Gasteiger partial charge in [0, 0.05) is 5.69 Å². The quantitative estimate of drug-likeness (QED) is 0.771. The molecule has 0 unspecified atom stereocenters. The van der Waals surface area contributed by atoms with E-state index in [0.717, 1.165) is 0 Å². The van der Waals surface area contributed by atoms with Gasteiger partial charge in [-0.1, -0.05) is 0 Å². The summed E-state index contributed by atoms with van der Waals surface area (Å²) in [6.07, 6.45) is -1.29. The van der Waals surface area contributed by atoms with Crippen LogP contribution in [-0.2, 0) is 0 Å². The van der Waals surface area contributed by atoms with E-state index in [4.69, 9.17) is 10.5 Å². The fourth-order valence-electron chi connectivity index (χ4n) is 1.06. The first-order chi connectivity index (χ1) is 6.07. The molecule has 3 nitrogen and oxygen atoms in total. The van der Waals surface area contributed by atoms with Crippen LogP contribution in [0.2, 0.25) is 0 Å². The van der Waals surface area contributed by atoms with Gasteiger partial charge in [0.1, 0.15) is 0 Å². The highest BCUT2D eigenvalue weighted by Gasteiger charge is 2.18. The summed E-state index contributed by atoms with van der Waals surface area (Å²) in [5, 5.41) is 0. The van der Waals surface area contributed by atoms with Crippen LogP contribution in [0, 0.1) is 6.92 Å². The third-order valence-corrected chi connectivity index (χ3v) is 1.76. The fraction of sp³-hybridized carbons (Fsp3) is 0.375. The van der Waals surface area contributed by atoms with Crippen LogP contribution in [0.5, 0.6) is 5.75 Å². The second-order valence-electron chi connectivity index (χ2n) is 2.54. The molecule has 13 heavy (non-hydrogen) atoms. The molecule has 0 aromatic carbocycles. The van der Waals surface area contributed by atoms with E-state index < -0.39 is 6.43 Å². The van der Waals surface area contributed by atoms with Gasteiger partial charge in [-0.15, -0.1) is 0 Å². The van der Waals surface area contributed by atoms with Crippen LogP contribution in [-0.4, -0.2) is 12.1 Å². The molecule has 0 bridgehead atoms. The smallest absolute Gasteiger partial charge is 0.267 e. The second-order valence-corrected chi connectivity index (χ2v) is 2.54. The summed E-state index contributed by atoms with van der Waals surface area (Å²) in [6.45, 7) is 1.48. The number of hydrogen-bond acceptors (Lipinski definition) is 3. The van der Waals surface area contributed by atoms with Crippen molar-refractivity contribution in [2.75, 3.05) is 12.8 Å². The molecule has 2 N–H and O–H groups in total. The molecule has 0 aliphatic heterocycles. The number of pyridine rings is 1. The summed E-state index contributed by atoms with van der Waals surface area (Å²) < 4.78 is 29.6. The zero-order valence-corrected chi connectivity index (χ0v) is 7.34. The third-order valence-electron chi connectivity index (χ3n) is 1.76. The summed E-state index contributed by atoms with van der Waals surface area (Å²) in [5.41, 5.74) is 5.39. The third kappa shape index (κ3) is 1.68. The lowest BCUT2D eigenvalue weighted by atomic mass is 10.1. The number of alkyl halides is 2. The minimum absolute atomic E-state index is 0.0370. The molecule has 0 saturated carbocycles. The SMILES string of the molecule is COc1cnc(C)c(C(F)F)c1N. The van der Waals surface area contributed by atoms with Crippen LogP contribution >= 0.6 is 0 Å². The zero-order chi connectivity index (χ0) is 10.0. The van der Waals surface area contributed by atoms with Gasteiger partial charge in [0.25, 0.3) is 6.43 Å². The normalized spacial score (nSPS) is 10.5. The van der Waals surface area contributed by atoms with Crippen molar-refractivity contribution >= 4 is 5.69 Å². The van der Waals surface area contributed by atoms with E-state index >= 15 is 0 Å². The zero-order valence-electron chi connectivity index (χ0n) is 7.34. The van der Waals surface area contributed by atoms with Crippen LogP contribution in [0.15, 0.2) is 6.20 Å². The minimum atomic E-state index is -2.62. The van der Waals surface area contributed by atoms with E-state index in [-0.39, 0.29) is 22.7 Å². The fourth-order valence-corrected chi connectivity index (χ4v) is 1.06. The Bertz CT molecular complexity index is 315. The predicted molar refractivity (Wildman–Crippen MR) is 44.9 cm³/mol. The molecule has 1 heterocycles. The number of ether oxygens (including phenoxy) is 1. The maximum Gasteiger partial charge on any atom is 0.267 e. The molecule has 1 aromatic rings. The molecule has 5 heteroatoms. The van der Waals surface area contributed by atoms with Crippen molar-refractivity contribution < 1.29 is 13.5 Å². The first-order valence-electron chi connectivity index (χ1n) is 3.65. The Morgan fingerprint density at radius 2 is 2.15 bits per heavy atom. The van der Waals surface area contributed by atoms with E-state index in [1.807, 2.05) is 0 Å². The molecule has 0 amide bonds. The molecular weight excluding hydrogens is 178 g/mol. The van der Waals surface area contributed by atoms with Crippen molar-refractivity contribution in [1.82, 2.24) is 4.98 Å². The van der Waals surface area contributed by atoms with Crippen molar-refractivity contribution in [3.05, 3.63) is 17.5 Å². The Kier molecular flexibility index (Phi) is 2.65. The van der Waals surface area contributed by atoms with E-state index in [1.54, 1.807) is 0 Å². The van der Waals surface area contributed by atoms with Gasteiger partial charge in [-0.2, -0.15) is 0 Å². The molecule has 0 aliphatic carbocycles. The molecule has 0 fully saturated rings. The largest absolute Gasteiger partial charge is 0.493 e. The number of nitrogens with two attached hydrogens (primary N) is 1. The molecule has 0 radical (unpaired) electrons. The van der Waals surface area contributed by atoms with Gasteiger partial charge in [0.05, 0.1) is 24.6 Å². The monoisotopic (exact) mass is 188 g/mol. The lowest BCUT2D eigenvalue weighted by Gasteiger charge is -2.10. The summed E-state index contributed by atoms with van der Waals surface area (Å²) in [4.78, 5) is 3.75. The van der Waals surface area contributed by atoms with Crippen LogP contribution in [0.1, 0.15) is 17.7 Å². The molecule has 1 rings (SSSR count). The van der Waals surface area contributed by atoms with Crippen LogP contribution in [0.4, 0.5) is 14.5 Å². The number of nitrogens with zero attached hydrogens (tertiary/aromatic N) is 1. The Hall–Kier alpha value is -1.39. The van der Waals surface area contributed by atoms with Crippen LogP contribution in [0.3, 0.4) is 0 Å². The van der Waals surface area contributed by atoms with Crippen molar-refractivity contribution in [3.8, 4) is 5.75 Å². The van der Waals surface area contributed by atoms with E-state index in [2.05, 4.69) is 4.98 Å².